The SMILES string of the molecule is CSNNc1ncnc2c1ncn2C1OC(COP(NC2(C=O)CCC2)Oc2ccc(C)cc2)CC1C. The molecule has 3 aromatic rings. The maximum absolute atomic E-state index is 11.8. The summed E-state index contributed by atoms with van der Waals surface area (Å²) in [5.74, 6) is 1.52. The van der Waals surface area contributed by atoms with Crippen LogP contribution in [0.5, 0.6) is 5.75 Å². The zero-order chi connectivity index (χ0) is 25.8. The summed E-state index contributed by atoms with van der Waals surface area (Å²) in [5, 5.41) is 3.35. The minimum absolute atomic E-state index is 0.142. The predicted octanol–water partition coefficient (Wildman–Crippen LogP) is 4.29. The molecule has 37 heavy (non-hydrogen) atoms. The molecular weight excluding hydrogens is 513 g/mol. The van der Waals surface area contributed by atoms with E-state index in [1.54, 1.807) is 6.33 Å². The van der Waals surface area contributed by atoms with Crippen molar-refractivity contribution in [3.05, 3.63) is 42.5 Å². The lowest BCUT2D eigenvalue weighted by atomic mass is 9.79. The third-order valence-corrected chi connectivity index (χ3v) is 8.42. The number of carbonyl (C=O) groups excluding carboxylic acids is 1. The van der Waals surface area contributed by atoms with Gasteiger partial charge in [0.2, 0.25) is 0 Å². The Morgan fingerprint density at radius 2 is 2.08 bits per heavy atom. The van der Waals surface area contributed by atoms with Crippen molar-refractivity contribution in [3.8, 4) is 5.75 Å². The number of imidazole rings is 1. The van der Waals surface area contributed by atoms with Crippen LogP contribution in [0, 0.1) is 12.8 Å². The highest BCUT2D eigenvalue weighted by atomic mass is 32.2. The molecule has 2 aromatic heterocycles. The van der Waals surface area contributed by atoms with E-state index in [4.69, 9.17) is 13.8 Å². The molecule has 0 bridgehead atoms. The second-order valence-corrected chi connectivity index (χ2v) is 11.3. The molecule has 4 atom stereocenters. The number of aryl methyl sites for hydroxylation is 1. The highest BCUT2D eigenvalue weighted by Gasteiger charge is 2.41. The van der Waals surface area contributed by atoms with Crippen LogP contribution in [0.15, 0.2) is 36.9 Å². The summed E-state index contributed by atoms with van der Waals surface area (Å²) in [5.41, 5.74) is 4.97. The quantitative estimate of drug-likeness (QED) is 0.131. The predicted molar refractivity (Wildman–Crippen MR) is 144 cm³/mol. The number of nitrogens with one attached hydrogen (secondary N) is 3. The number of anilines is 1. The summed E-state index contributed by atoms with van der Waals surface area (Å²) in [6, 6.07) is 7.81. The normalized spacial score (nSPS) is 23.5. The number of aromatic nitrogens is 4. The first-order chi connectivity index (χ1) is 18.0. The van der Waals surface area contributed by atoms with Gasteiger partial charge in [0.05, 0.1) is 24.6 Å². The molecule has 1 saturated carbocycles. The van der Waals surface area contributed by atoms with Crippen molar-refractivity contribution in [3.63, 3.8) is 0 Å². The van der Waals surface area contributed by atoms with Crippen LogP contribution in [-0.2, 0) is 14.1 Å². The van der Waals surface area contributed by atoms with Crippen LogP contribution in [0.2, 0.25) is 0 Å². The second kappa shape index (κ2) is 11.6. The topological polar surface area (TPSA) is 124 Å². The Labute approximate surface area is 221 Å². The first kappa shape index (κ1) is 26.3. The Morgan fingerprint density at radius 3 is 2.78 bits per heavy atom. The fourth-order valence-corrected chi connectivity index (χ4v) is 6.13. The van der Waals surface area contributed by atoms with E-state index in [-0.39, 0.29) is 18.2 Å². The highest BCUT2D eigenvalue weighted by molar-refractivity contribution is 7.96. The molecule has 0 radical (unpaired) electrons. The van der Waals surface area contributed by atoms with Crippen molar-refractivity contribution in [2.45, 2.75) is 57.4 Å². The molecule has 2 aliphatic rings. The lowest BCUT2D eigenvalue weighted by Gasteiger charge is -2.39. The van der Waals surface area contributed by atoms with Crippen LogP contribution in [0.3, 0.4) is 0 Å². The van der Waals surface area contributed by atoms with Crippen molar-refractivity contribution >= 4 is 43.7 Å². The van der Waals surface area contributed by atoms with Gasteiger partial charge in [0, 0.05) is 5.92 Å². The highest BCUT2D eigenvalue weighted by Crippen LogP contribution is 2.44. The molecule has 2 fully saturated rings. The van der Waals surface area contributed by atoms with Gasteiger partial charge in [0.1, 0.15) is 24.6 Å². The smallest absolute Gasteiger partial charge is 0.319 e. The van der Waals surface area contributed by atoms with E-state index >= 15 is 0 Å². The summed E-state index contributed by atoms with van der Waals surface area (Å²) in [4.78, 5) is 28.0. The van der Waals surface area contributed by atoms with E-state index in [1.165, 1.54) is 18.3 Å². The molecular formula is C24H32N7O4PS. The molecule has 3 N–H and O–H groups in total. The number of aldehydes is 1. The minimum Gasteiger partial charge on any atom is -0.436 e. The van der Waals surface area contributed by atoms with E-state index in [0.717, 1.165) is 37.5 Å². The van der Waals surface area contributed by atoms with E-state index < -0.39 is 14.1 Å². The van der Waals surface area contributed by atoms with Crippen LogP contribution in [0.4, 0.5) is 5.82 Å². The molecule has 13 heteroatoms. The van der Waals surface area contributed by atoms with Gasteiger partial charge in [-0.25, -0.2) is 20.0 Å². The molecule has 4 unspecified atom stereocenters. The van der Waals surface area contributed by atoms with Gasteiger partial charge in [0.15, 0.2) is 17.0 Å². The Morgan fingerprint density at radius 1 is 1.27 bits per heavy atom. The molecule has 1 aromatic carbocycles. The van der Waals surface area contributed by atoms with Crippen molar-refractivity contribution in [1.29, 1.82) is 0 Å². The Kier molecular flexibility index (Phi) is 8.23. The molecule has 0 amide bonds. The van der Waals surface area contributed by atoms with Gasteiger partial charge in [-0.3, -0.25) is 9.99 Å². The van der Waals surface area contributed by atoms with Gasteiger partial charge < -0.3 is 18.6 Å². The number of fused-ring (bicyclic) bond motifs is 1. The number of hydrazine groups is 1. The maximum atomic E-state index is 11.8. The Balaban J connectivity index is 1.26. The van der Waals surface area contributed by atoms with Crippen molar-refractivity contribution < 1.29 is 18.6 Å². The standard InChI is InChI=1S/C24H32N7O4PS/c1-16-5-7-18(8-6-16)35-36(29-24(13-32)9-4-10-24)33-12-19-11-17(2)23(34-19)31-15-27-20-21(28-30-37-3)25-14-26-22(20)31/h5-8,13-15,17,19,23,29-30H,4,9-12H2,1-3H3,(H,25,26,28). The van der Waals surface area contributed by atoms with Crippen molar-refractivity contribution in [2.75, 3.05) is 18.3 Å². The number of ether oxygens (including phenoxy) is 1. The fraction of sp³-hybridized carbons (Fsp3) is 0.500. The number of carbonyl (C=O) groups is 1. The van der Waals surface area contributed by atoms with Crippen LogP contribution in [0.25, 0.3) is 11.2 Å². The number of hydrogen-bond donors (Lipinski definition) is 3. The molecule has 5 rings (SSSR count). The largest absolute Gasteiger partial charge is 0.436 e. The molecule has 11 nitrogen and oxygen atoms in total. The Bertz CT molecular complexity index is 1210. The molecule has 3 heterocycles. The summed E-state index contributed by atoms with van der Waals surface area (Å²) < 4.78 is 20.8. The van der Waals surface area contributed by atoms with E-state index in [2.05, 4.69) is 37.2 Å². The summed E-state index contributed by atoms with van der Waals surface area (Å²) in [6.45, 7) is 4.51. The fourth-order valence-electron chi connectivity index (χ4n) is 4.52. The Hall–Kier alpha value is -2.34. The third kappa shape index (κ3) is 5.89. The number of hydrogen-bond acceptors (Lipinski definition) is 11. The zero-order valence-corrected chi connectivity index (χ0v) is 22.8. The monoisotopic (exact) mass is 545 g/mol. The lowest BCUT2D eigenvalue weighted by molar-refractivity contribution is -0.115. The molecule has 1 aliphatic carbocycles. The number of rotatable bonds is 12. The number of nitrogens with zero attached hydrogens (tertiary/aromatic N) is 4. The van der Waals surface area contributed by atoms with Gasteiger partial charge in [0.25, 0.3) is 0 Å². The zero-order valence-electron chi connectivity index (χ0n) is 21.1. The number of benzene rings is 1. The van der Waals surface area contributed by atoms with E-state index in [1.807, 2.05) is 42.0 Å². The van der Waals surface area contributed by atoms with Gasteiger partial charge in [-0.15, -0.1) is 0 Å². The summed E-state index contributed by atoms with van der Waals surface area (Å²) in [7, 11) is -1.54. The maximum Gasteiger partial charge on any atom is 0.319 e. The second-order valence-electron chi connectivity index (χ2n) is 9.54. The van der Waals surface area contributed by atoms with E-state index in [0.29, 0.717) is 29.3 Å². The summed E-state index contributed by atoms with van der Waals surface area (Å²) >= 11 is 1.43. The van der Waals surface area contributed by atoms with Crippen LogP contribution >= 0.6 is 20.5 Å². The minimum atomic E-state index is -1.54. The molecule has 0 spiro atoms. The van der Waals surface area contributed by atoms with Gasteiger partial charge in [-0.1, -0.05) is 36.6 Å². The van der Waals surface area contributed by atoms with Crippen LogP contribution in [0.1, 0.15) is 44.4 Å². The van der Waals surface area contributed by atoms with Gasteiger partial charge in [-0.05, 0) is 51.0 Å². The van der Waals surface area contributed by atoms with E-state index in [9.17, 15) is 4.79 Å². The van der Waals surface area contributed by atoms with Gasteiger partial charge >= 0.3 is 8.53 Å². The summed E-state index contributed by atoms with van der Waals surface area (Å²) in [6.07, 6.45) is 9.17. The van der Waals surface area contributed by atoms with Crippen LogP contribution < -0.4 is 19.9 Å². The first-order valence-corrected chi connectivity index (χ1v) is 14.7. The van der Waals surface area contributed by atoms with Crippen molar-refractivity contribution in [1.82, 2.24) is 29.4 Å². The average Bonchev–Trinajstić information content (AvgIpc) is 3.47. The van der Waals surface area contributed by atoms with Crippen LogP contribution in [-0.4, -0.2) is 50.3 Å². The first-order valence-electron chi connectivity index (χ1n) is 12.3. The third-order valence-electron chi connectivity index (χ3n) is 6.73. The molecule has 1 aliphatic heterocycles. The average molecular weight is 546 g/mol. The van der Waals surface area contributed by atoms with Gasteiger partial charge in [-0.2, -0.15) is 4.83 Å². The molecule has 198 valence electrons. The lowest BCUT2D eigenvalue weighted by Crippen LogP contribution is -2.50. The van der Waals surface area contributed by atoms with Crippen molar-refractivity contribution in [2.24, 2.45) is 5.92 Å². The molecule has 1 saturated heterocycles.